The minimum absolute atomic E-state index is 0.137. The summed E-state index contributed by atoms with van der Waals surface area (Å²) < 4.78 is 10.6. The van der Waals surface area contributed by atoms with E-state index < -0.39 is 12.0 Å². The second kappa shape index (κ2) is 7.82. The molecule has 142 valence electrons. The summed E-state index contributed by atoms with van der Waals surface area (Å²) in [4.78, 5) is 26.5. The number of imide groups is 1. The summed E-state index contributed by atoms with van der Waals surface area (Å²) >= 11 is 0. The Morgan fingerprint density at radius 1 is 1.11 bits per heavy atom. The molecule has 1 aliphatic rings. The van der Waals surface area contributed by atoms with Gasteiger partial charge >= 0.3 is 6.09 Å². The van der Waals surface area contributed by atoms with Gasteiger partial charge in [0, 0.05) is 0 Å². The van der Waals surface area contributed by atoms with E-state index in [1.54, 1.807) is 7.11 Å². The van der Waals surface area contributed by atoms with Crippen LogP contribution in [-0.4, -0.2) is 36.7 Å². The summed E-state index contributed by atoms with van der Waals surface area (Å²) in [7, 11) is 1.60. The average molecular weight is 367 g/mol. The van der Waals surface area contributed by atoms with E-state index in [1.165, 1.54) is 4.90 Å². The standard InChI is InChI=1S/C22H25NO4/c1-14(2)20-13-27-22(25)23(20)21(24)15(3)17-10-18(12-19(11-17)26-4)16-8-6-5-7-9-16/h5-12,14-15,20H,13H2,1-4H3/t15-,20+/m0/s1. The number of carbonyl (C=O) groups excluding carboxylic acids is 2. The van der Waals surface area contributed by atoms with Crippen molar-refractivity contribution in [2.45, 2.75) is 32.7 Å². The van der Waals surface area contributed by atoms with Crippen molar-refractivity contribution >= 4 is 12.0 Å². The monoisotopic (exact) mass is 367 g/mol. The lowest BCUT2D eigenvalue weighted by Crippen LogP contribution is -2.43. The van der Waals surface area contributed by atoms with Gasteiger partial charge in [0.05, 0.1) is 19.1 Å². The zero-order valence-electron chi connectivity index (χ0n) is 16.1. The van der Waals surface area contributed by atoms with Gasteiger partial charge in [-0.25, -0.2) is 9.69 Å². The van der Waals surface area contributed by atoms with E-state index in [2.05, 4.69) is 0 Å². The topological polar surface area (TPSA) is 55.8 Å². The molecular formula is C22H25NO4. The van der Waals surface area contributed by atoms with Gasteiger partial charge in [-0.3, -0.25) is 4.79 Å². The number of benzene rings is 2. The first kappa shape index (κ1) is 19.0. The van der Waals surface area contributed by atoms with E-state index in [4.69, 9.17) is 9.47 Å². The van der Waals surface area contributed by atoms with E-state index in [-0.39, 0.29) is 24.5 Å². The van der Waals surface area contributed by atoms with Crippen molar-refractivity contribution in [1.29, 1.82) is 0 Å². The first-order chi connectivity index (χ1) is 12.9. The molecule has 0 radical (unpaired) electrons. The van der Waals surface area contributed by atoms with E-state index in [0.29, 0.717) is 5.75 Å². The molecule has 0 saturated carbocycles. The van der Waals surface area contributed by atoms with Gasteiger partial charge in [0.25, 0.3) is 0 Å². The first-order valence-electron chi connectivity index (χ1n) is 9.16. The number of rotatable bonds is 5. The molecule has 27 heavy (non-hydrogen) atoms. The van der Waals surface area contributed by atoms with Crippen LogP contribution in [0.5, 0.6) is 5.75 Å². The van der Waals surface area contributed by atoms with Crippen molar-refractivity contribution in [1.82, 2.24) is 4.90 Å². The van der Waals surface area contributed by atoms with E-state index >= 15 is 0 Å². The fourth-order valence-electron chi connectivity index (χ4n) is 3.32. The third-order valence-electron chi connectivity index (χ3n) is 5.05. The van der Waals surface area contributed by atoms with Gasteiger partial charge in [-0.15, -0.1) is 0 Å². The molecule has 5 heteroatoms. The van der Waals surface area contributed by atoms with Crippen molar-refractivity contribution in [3.63, 3.8) is 0 Å². The third kappa shape index (κ3) is 3.82. The van der Waals surface area contributed by atoms with Crippen LogP contribution in [0.3, 0.4) is 0 Å². The molecule has 3 rings (SSSR count). The van der Waals surface area contributed by atoms with Gasteiger partial charge in [-0.05, 0) is 41.7 Å². The Hall–Kier alpha value is -2.82. The van der Waals surface area contributed by atoms with Crippen LogP contribution in [0.1, 0.15) is 32.3 Å². The van der Waals surface area contributed by atoms with Crippen molar-refractivity contribution in [3.8, 4) is 16.9 Å². The Morgan fingerprint density at radius 2 is 1.81 bits per heavy atom. The molecule has 1 aliphatic heterocycles. The normalized spacial score (nSPS) is 17.7. The fourth-order valence-corrected chi connectivity index (χ4v) is 3.32. The molecule has 1 saturated heterocycles. The van der Waals surface area contributed by atoms with E-state index in [1.807, 2.05) is 69.3 Å². The second-order valence-corrected chi connectivity index (χ2v) is 7.18. The summed E-state index contributed by atoms with van der Waals surface area (Å²) in [6, 6.07) is 15.5. The highest BCUT2D eigenvalue weighted by Gasteiger charge is 2.41. The minimum atomic E-state index is -0.559. The Kier molecular flexibility index (Phi) is 5.49. The number of carbonyl (C=O) groups is 2. The molecule has 2 amide bonds. The van der Waals surface area contributed by atoms with Crippen molar-refractivity contribution < 1.29 is 19.1 Å². The third-order valence-corrected chi connectivity index (χ3v) is 5.05. The van der Waals surface area contributed by atoms with E-state index in [9.17, 15) is 9.59 Å². The van der Waals surface area contributed by atoms with Crippen LogP contribution in [0.4, 0.5) is 4.79 Å². The van der Waals surface area contributed by atoms with Crippen LogP contribution in [0.25, 0.3) is 11.1 Å². The molecule has 0 unspecified atom stereocenters. The molecular weight excluding hydrogens is 342 g/mol. The number of hydrogen-bond donors (Lipinski definition) is 0. The molecule has 2 aromatic rings. The summed E-state index contributed by atoms with van der Waals surface area (Å²) in [5.41, 5.74) is 2.81. The molecule has 0 spiro atoms. The SMILES string of the molecule is COc1cc(-c2ccccc2)cc([C@H](C)C(=O)N2C(=O)OC[C@@H]2C(C)C)c1. The highest BCUT2D eigenvalue weighted by atomic mass is 16.6. The predicted octanol–water partition coefficient (Wildman–Crippen LogP) is 4.47. The number of nitrogens with zero attached hydrogens (tertiary/aromatic N) is 1. The largest absolute Gasteiger partial charge is 0.497 e. The summed E-state index contributed by atoms with van der Waals surface area (Å²) in [6.07, 6.45) is -0.559. The Morgan fingerprint density at radius 3 is 2.44 bits per heavy atom. The Labute approximate surface area is 159 Å². The molecule has 0 aromatic heterocycles. The molecule has 0 bridgehead atoms. The molecule has 2 atom stereocenters. The molecule has 1 fully saturated rings. The highest BCUT2D eigenvalue weighted by Crippen LogP contribution is 2.32. The number of methoxy groups -OCH3 is 1. The smallest absolute Gasteiger partial charge is 0.417 e. The number of hydrogen-bond acceptors (Lipinski definition) is 4. The molecule has 2 aromatic carbocycles. The average Bonchev–Trinajstić information content (AvgIpc) is 3.08. The lowest BCUT2D eigenvalue weighted by Gasteiger charge is -2.25. The highest BCUT2D eigenvalue weighted by molar-refractivity contribution is 5.97. The Balaban J connectivity index is 1.95. The lowest BCUT2D eigenvalue weighted by molar-refractivity contribution is -0.131. The minimum Gasteiger partial charge on any atom is -0.497 e. The maximum Gasteiger partial charge on any atom is 0.417 e. The second-order valence-electron chi connectivity index (χ2n) is 7.18. The summed E-state index contributed by atoms with van der Waals surface area (Å²) in [5, 5.41) is 0. The van der Waals surface area contributed by atoms with Gasteiger partial charge in [-0.1, -0.05) is 50.2 Å². The summed E-state index contributed by atoms with van der Waals surface area (Å²) in [5.74, 6) is 0.0751. The van der Waals surface area contributed by atoms with Gasteiger partial charge in [0.15, 0.2) is 0 Å². The van der Waals surface area contributed by atoms with Crippen LogP contribution in [0.15, 0.2) is 48.5 Å². The van der Waals surface area contributed by atoms with Gasteiger partial charge in [0.2, 0.25) is 5.91 Å². The van der Waals surface area contributed by atoms with E-state index in [0.717, 1.165) is 16.7 Å². The maximum atomic E-state index is 13.1. The zero-order chi connectivity index (χ0) is 19.6. The van der Waals surface area contributed by atoms with Gasteiger partial charge in [-0.2, -0.15) is 0 Å². The van der Waals surface area contributed by atoms with Crippen LogP contribution < -0.4 is 4.74 Å². The summed E-state index contributed by atoms with van der Waals surface area (Å²) in [6.45, 7) is 6.03. The predicted molar refractivity (Wildman–Crippen MR) is 104 cm³/mol. The molecule has 0 N–H and O–H groups in total. The van der Waals surface area contributed by atoms with Crippen molar-refractivity contribution in [2.75, 3.05) is 13.7 Å². The number of ether oxygens (including phenoxy) is 2. The maximum absolute atomic E-state index is 13.1. The molecule has 5 nitrogen and oxygen atoms in total. The van der Waals surface area contributed by atoms with Crippen LogP contribution in [0, 0.1) is 5.92 Å². The fraction of sp³-hybridized carbons (Fsp3) is 0.364. The van der Waals surface area contributed by atoms with Crippen LogP contribution in [0.2, 0.25) is 0 Å². The van der Waals surface area contributed by atoms with Crippen molar-refractivity contribution in [2.24, 2.45) is 5.92 Å². The van der Waals surface area contributed by atoms with Crippen LogP contribution in [-0.2, 0) is 9.53 Å². The number of cyclic esters (lactones) is 1. The quantitative estimate of drug-likeness (QED) is 0.782. The Bertz CT molecular complexity index is 831. The van der Waals surface area contributed by atoms with Gasteiger partial charge in [0.1, 0.15) is 12.4 Å². The molecule has 1 heterocycles. The first-order valence-corrected chi connectivity index (χ1v) is 9.16. The van der Waals surface area contributed by atoms with Crippen LogP contribution >= 0.6 is 0 Å². The lowest BCUT2D eigenvalue weighted by atomic mass is 9.93. The van der Waals surface area contributed by atoms with Crippen molar-refractivity contribution in [3.05, 3.63) is 54.1 Å². The van der Waals surface area contributed by atoms with Gasteiger partial charge < -0.3 is 9.47 Å². The number of amides is 2. The molecule has 0 aliphatic carbocycles. The zero-order valence-corrected chi connectivity index (χ0v) is 16.1.